The van der Waals surface area contributed by atoms with Gasteiger partial charge in [-0.15, -0.1) is 0 Å². The molecule has 0 fully saturated rings. The standard InChI is InChI=1S/2C24H13Cl3O4/c25-17-7-6-15-22-14(17)2-1-3-16(22)24(31-23(15)30,12-4-8-20(28)18(26)10-12)13-5-9-21(29)19(27)11-13;25-17-7-6-16-22-14(17)2-1-3-15(22)23(30)31-24(16,12-4-8-20(28)18(26)10-12)13-5-9-21(29)19(27)11-13/h2*1-11,28-29H. The lowest BCUT2D eigenvalue weighted by Gasteiger charge is -2.39. The van der Waals surface area contributed by atoms with E-state index in [0.29, 0.717) is 76.1 Å². The van der Waals surface area contributed by atoms with Crippen molar-refractivity contribution in [3.05, 3.63) is 208 Å². The zero-order valence-corrected chi connectivity index (χ0v) is 35.9. The average Bonchev–Trinajstić information content (AvgIpc) is 3.26. The zero-order chi connectivity index (χ0) is 43.8. The van der Waals surface area contributed by atoms with Gasteiger partial charge in [0.1, 0.15) is 23.0 Å². The van der Waals surface area contributed by atoms with Crippen LogP contribution in [0.1, 0.15) is 54.1 Å². The third kappa shape index (κ3) is 6.44. The maximum absolute atomic E-state index is 13.2. The molecule has 0 unspecified atom stereocenters. The third-order valence-electron chi connectivity index (χ3n) is 11.1. The fraction of sp³-hybridized carbons (Fsp3) is 0.0417. The highest BCUT2D eigenvalue weighted by molar-refractivity contribution is 6.37. The molecule has 8 nitrogen and oxygen atoms in total. The highest BCUT2D eigenvalue weighted by Crippen LogP contribution is 2.52. The van der Waals surface area contributed by atoms with Crippen LogP contribution in [-0.2, 0) is 20.7 Å². The van der Waals surface area contributed by atoms with Crippen LogP contribution in [0.3, 0.4) is 0 Å². The molecule has 14 heteroatoms. The summed E-state index contributed by atoms with van der Waals surface area (Å²) in [6.45, 7) is 0. The molecule has 0 atom stereocenters. The summed E-state index contributed by atoms with van der Waals surface area (Å²) < 4.78 is 12.3. The smallest absolute Gasteiger partial charge is 0.340 e. The van der Waals surface area contributed by atoms with Crippen molar-refractivity contribution >= 4 is 103 Å². The molecule has 8 aromatic carbocycles. The van der Waals surface area contributed by atoms with Gasteiger partial charge in [0.15, 0.2) is 11.2 Å². The zero-order valence-electron chi connectivity index (χ0n) is 31.4. The highest BCUT2D eigenvalue weighted by Gasteiger charge is 2.48. The molecule has 0 aromatic heterocycles. The van der Waals surface area contributed by atoms with Gasteiger partial charge in [-0.3, -0.25) is 0 Å². The number of rotatable bonds is 4. The SMILES string of the molecule is O=C1OC(c2ccc(O)c(Cl)c2)(c2ccc(O)c(Cl)c2)c2ccc(Cl)c3cccc1c23.O=C1OC(c2ccc(O)c(Cl)c2)(c2ccc(O)c(Cl)c2)c2cccc3c(Cl)ccc1c23. The first kappa shape index (κ1) is 41.5. The number of phenolic OH excluding ortho intramolecular Hbond substituents is 4. The molecule has 308 valence electrons. The molecule has 0 amide bonds. The van der Waals surface area contributed by atoms with Crippen molar-refractivity contribution in [2.24, 2.45) is 0 Å². The Balaban J connectivity index is 0.000000158. The van der Waals surface area contributed by atoms with E-state index in [9.17, 15) is 30.0 Å². The Hall–Kier alpha value is -5.84. The van der Waals surface area contributed by atoms with Gasteiger partial charge in [-0.25, -0.2) is 9.59 Å². The Kier molecular flexibility index (Phi) is 10.4. The van der Waals surface area contributed by atoms with Crippen molar-refractivity contribution in [2.45, 2.75) is 11.2 Å². The van der Waals surface area contributed by atoms with Gasteiger partial charge in [0.05, 0.1) is 31.2 Å². The number of carbonyl (C=O) groups is 2. The van der Waals surface area contributed by atoms with E-state index in [1.165, 1.54) is 24.3 Å². The topological polar surface area (TPSA) is 134 Å². The Morgan fingerprint density at radius 2 is 0.710 bits per heavy atom. The molecule has 0 saturated heterocycles. The van der Waals surface area contributed by atoms with Gasteiger partial charge >= 0.3 is 11.9 Å². The second-order valence-electron chi connectivity index (χ2n) is 14.5. The van der Waals surface area contributed by atoms with Crippen LogP contribution in [0.5, 0.6) is 23.0 Å². The minimum atomic E-state index is -1.44. The van der Waals surface area contributed by atoms with Gasteiger partial charge in [0.2, 0.25) is 0 Å². The Bertz CT molecular complexity index is 2960. The van der Waals surface area contributed by atoms with Crippen LogP contribution >= 0.6 is 69.6 Å². The highest BCUT2D eigenvalue weighted by atomic mass is 35.5. The maximum atomic E-state index is 13.2. The van der Waals surface area contributed by atoms with Crippen molar-refractivity contribution in [2.75, 3.05) is 0 Å². The fourth-order valence-electron chi connectivity index (χ4n) is 8.26. The van der Waals surface area contributed by atoms with Crippen LogP contribution in [0.25, 0.3) is 21.5 Å². The first-order valence-electron chi connectivity index (χ1n) is 18.5. The molecular weight excluding hydrogens is 917 g/mol. The molecule has 10 rings (SSSR count). The lowest BCUT2D eigenvalue weighted by Crippen LogP contribution is -2.38. The summed E-state index contributed by atoms with van der Waals surface area (Å²) in [5.41, 5.74) is 1.22. The number of ether oxygens (including phenoxy) is 2. The summed E-state index contributed by atoms with van der Waals surface area (Å²) in [6, 6.07) is 36.0. The Labute approximate surface area is 382 Å². The van der Waals surface area contributed by atoms with Gasteiger partial charge in [0.25, 0.3) is 0 Å². The molecule has 2 aliphatic heterocycles. The first-order chi connectivity index (χ1) is 29.6. The predicted molar refractivity (Wildman–Crippen MR) is 241 cm³/mol. The second kappa shape index (κ2) is 15.5. The average molecular weight is 943 g/mol. The normalized spacial score (nSPS) is 14.5. The van der Waals surface area contributed by atoms with Crippen molar-refractivity contribution in [1.82, 2.24) is 0 Å². The van der Waals surface area contributed by atoms with Gasteiger partial charge in [-0.05, 0) is 72.8 Å². The molecule has 62 heavy (non-hydrogen) atoms. The van der Waals surface area contributed by atoms with Gasteiger partial charge < -0.3 is 29.9 Å². The van der Waals surface area contributed by atoms with E-state index in [1.807, 2.05) is 24.3 Å². The number of halogens is 6. The van der Waals surface area contributed by atoms with E-state index in [0.717, 1.165) is 0 Å². The number of esters is 2. The van der Waals surface area contributed by atoms with Crippen molar-refractivity contribution in [3.63, 3.8) is 0 Å². The number of benzene rings is 8. The molecule has 0 radical (unpaired) electrons. The van der Waals surface area contributed by atoms with E-state index < -0.39 is 23.1 Å². The van der Waals surface area contributed by atoms with Crippen LogP contribution in [0.2, 0.25) is 30.1 Å². The monoisotopic (exact) mass is 940 g/mol. The number of hydrogen-bond donors (Lipinski definition) is 4. The van der Waals surface area contributed by atoms with Crippen LogP contribution in [0, 0.1) is 0 Å². The summed E-state index contributed by atoms with van der Waals surface area (Å²) in [6.07, 6.45) is 0. The van der Waals surface area contributed by atoms with E-state index in [4.69, 9.17) is 79.1 Å². The molecule has 2 aliphatic rings. The fourth-order valence-corrected chi connectivity index (χ4v) is 9.42. The quantitative estimate of drug-likeness (QED) is 0.128. The summed E-state index contributed by atoms with van der Waals surface area (Å²) >= 11 is 37.8. The van der Waals surface area contributed by atoms with Crippen LogP contribution in [0.4, 0.5) is 0 Å². The molecule has 4 N–H and O–H groups in total. The molecule has 0 spiro atoms. The summed E-state index contributed by atoms with van der Waals surface area (Å²) in [5, 5.41) is 44.0. The number of hydrogen-bond acceptors (Lipinski definition) is 8. The Morgan fingerprint density at radius 3 is 1.10 bits per heavy atom. The minimum Gasteiger partial charge on any atom is -0.506 e. The molecular formula is C48H26Cl6O8. The number of aromatic hydroxyl groups is 4. The maximum Gasteiger partial charge on any atom is 0.340 e. The lowest BCUT2D eigenvalue weighted by molar-refractivity contribution is 0.0116. The Morgan fingerprint density at radius 1 is 0.371 bits per heavy atom. The molecule has 0 saturated carbocycles. The molecule has 0 bridgehead atoms. The number of carbonyl (C=O) groups excluding carboxylic acids is 2. The number of cyclic esters (lactones) is 2. The van der Waals surface area contributed by atoms with Crippen LogP contribution in [-0.4, -0.2) is 32.4 Å². The van der Waals surface area contributed by atoms with Gasteiger partial charge in [-0.1, -0.05) is 130 Å². The predicted octanol–water partition coefficient (Wildman–Crippen LogP) is 13.3. The van der Waals surface area contributed by atoms with Crippen molar-refractivity contribution in [3.8, 4) is 23.0 Å². The molecule has 2 heterocycles. The van der Waals surface area contributed by atoms with Gasteiger partial charge in [-0.2, -0.15) is 0 Å². The summed E-state index contributed by atoms with van der Waals surface area (Å²) in [5.74, 6) is -1.51. The third-order valence-corrected chi connectivity index (χ3v) is 13.0. The summed E-state index contributed by atoms with van der Waals surface area (Å²) in [4.78, 5) is 26.4. The summed E-state index contributed by atoms with van der Waals surface area (Å²) in [7, 11) is 0. The van der Waals surface area contributed by atoms with E-state index in [1.54, 1.807) is 84.9 Å². The van der Waals surface area contributed by atoms with E-state index in [-0.39, 0.29) is 43.1 Å². The largest absolute Gasteiger partial charge is 0.506 e. The van der Waals surface area contributed by atoms with Crippen molar-refractivity contribution in [1.29, 1.82) is 0 Å². The van der Waals surface area contributed by atoms with Crippen LogP contribution in [0.15, 0.2) is 133 Å². The van der Waals surface area contributed by atoms with Gasteiger partial charge in [0, 0.05) is 65.0 Å². The minimum absolute atomic E-state index is 0.0989. The molecule has 0 aliphatic carbocycles. The van der Waals surface area contributed by atoms with Crippen LogP contribution < -0.4 is 0 Å². The molecule has 8 aromatic rings. The second-order valence-corrected chi connectivity index (χ2v) is 16.9. The van der Waals surface area contributed by atoms with Crippen molar-refractivity contribution < 1.29 is 39.5 Å². The lowest BCUT2D eigenvalue weighted by atomic mass is 9.75. The first-order valence-corrected chi connectivity index (χ1v) is 20.8. The van der Waals surface area contributed by atoms with E-state index in [2.05, 4.69) is 0 Å². The number of phenols is 4. The van der Waals surface area contributed by atoms with E-state index >= 15 is 0 Å².